The number of rotatable bonds is 3. The molecule has 3 heteroatoms. The molecule has 1 fully saturated rings. The molecule has 22 heavy (non-hydrogen) atoms. The van der Waals surface area contributed by atoms with E-state index in [2.05, 4.69) is 13.5 Å². The van der Waals surface area contributed by atoms with Gasteiger partial charge in [0.25, 0.3) is 0 Å². The van der Waals surface area contributed by atoms with Gasteiger partial charge in [0.2, 0.25) is 0 Å². The average Bonchev–Trinajstić information content (AvgIpc) is 2.55. The molecule has 1 unspecified atom stereocenters. The van der Waals surface area contributed by atoms with Crippen molar-refractivity contribution in [1.29, 1.82) is 0 Å². The number of amides is 1. The second kappa shape index (κ2) is 9.29. The third kappa shape index (κ3) is 5.21. The van der Waals surface area contributed by atoms with Crippen molar-refractivity contribution in [3.05, 3.63) is 48.0 Å². The summed E-state index contributed by atoms with van der Waals surface area (Å²) in [6, 6.07) is 9.88. The minimum atomic E-state index is -0.228. The van der Waals surface area contributed by atoms with Gasteiger partial charge in [-0.2, -0.15) is 0 Å². The van der Waals surface area contributed by atoms with Crippen LogP contribution in [0.5, 0.6) is 0 Å². The molecule has 0 bridgehead atoms. The molecule has 0 saturated carbocycles. The van der Waals surface area contributed by atoms with Crippen LogP contribution in [-0.2, 0) is 11.3 Å². The van der Waals surface area contributed by atoms with Crippen LogP contribution in [-0.4, -0.2) is 23.6 Å². The fraction of sp³-hybridized carbons (Fsp3) is 0.526. The number of nitrogens with zero attached hydrogens (tertiary/aromatic N) is 1. The highest BCUT2D eigenvalue weighted by Gasteiger charge is 2.31. The van der Waals surface area contributed by atoms with Crippen LogP contribution in [0.25, 0.3) is 0 Å². The van der Waals surface area contributed by atoms with Crippen LogP contribution in [0.4, 0.5) is 4.79 Å². The Morgan fingerprint density at radius 2 is 1.95 bits per heavy atom. The Morgan fingerprint density at radius 1 is 1.32 bits per heavy atom. The average molecular weight is 303 g/mol. The van der Waals surface area contributed by atoms with Gasteiger partial charge in [0.15, 0.2) is 0 Å². The molecule has 1 aromatic rings. The summed E-state index contributed by atoms with van der Waals surface area (Å²) in [6.45, 7) is 13.3. The van der Waals surface area contributed by atoms with Gasteiger partial charge in [0, 0.05) is 6.54 Å². The maximum atomic E-state index is 12.3. The van der Waals surface area contributed by atoms with Crippen LogP contribution in [0, 0.1) is 5.92 Å². The Balaban J connectivity index is 0.00000116. The Bertz CT molecular complexity index is 470. The summed E-state index contributed by atoms with van der Waals surface area (Å²) in [5.41, 5.74) is 2.05. The molecule has 1 aromatic carbocycles. The molecular weight excluding hydrogens is 274 g/mol. The molecule has 2 rings (SSSR count). The monoisotopic (exact) mass is 303 g/mol. The minimum absolute atomic E-state index is 0.113. The van der Waals surface area contributed by atoms with E-state index in [1.807, 2.05) is 56.0 Å². The van der Waals surface area contributed by atoms with Crippen LogP contribution in [0.2, 0.25) is 0 Å². The molecule has 0 aliphatic carbocycles. The largest absolute Gasteiger partial charge is 0.445 e. The Kier molecular flexibility index (Phi) is 7.72. The summed E-state index contributed by atoms with van der Waals surface area (Å²) < 4.78 is 5.43. The van der Waals surface area contributed by atoms with E-state index < -0.39 is 0 Å². The molecule has 2 atom stereocenters. The second-order valence-corrected chi connectivity index (χ2v) is 5.73. The van der Waals surface area contributed by atoms with Gasteiger partial charge in [-0.25, -0.2) is 4.79 Å². The van der Waals surface area contributed by atoms with Gasteiger partial charge < -0.3 is 9.64 Å². The van der Waals surface area contributed by atoms with Gasteiger partial charge >= 0.3 is 6.09 Å². The zero-order valence-electron chi connectivity index (χ0n) is 14.3. The van der Waals surface area contributed by atoms with Crippen molar-refractivity contribution >= 4 is 6.09 Å². The fourth-order valence-electron chi connectivity index (χ4n) is 2.63. The number of carbonyl (C=O) groups excluding carboxylic acids is 1. The lowest BCUT2D eigenvalue weighted by Gasteiger charge is -2.38. The number of ether oxygens (including phenoxy) is 1. The normalized spacial score (nSPS) is 20.6. The van der Waals surface area contributed by atoms with Crippen molar-refractivity contribution in [1.82, 2.24) is 4.90 Å². The van der Waals surface area contributed by atoms with Gasteiger partial charge in [-0.3, -0.25) is 0 Å². The highest BCUT2D eigenvalue weighted by Crippen LogP contribution is 2.27. The van der Waals surface area contributed by atoms with Crippen LogP contribution >= 0.6 is 0 Å². The van der Waals surface area contributed by atoms with Gasteiger partial charge in [0.05, 0.1) is 6.04 Å². The van der Waals surface area contributed by atoms with Crippen molar-refractivity contribution in [2.45, 2.75) is 53.2 Å². The van der Waals surface area contributed by atoms with E-state index in [1.165, 1.54) is 0 Å². The number of carbonyl (C=O) groups is 1. The van der Waals surface area contributed by atoms with Crippen molar-refractivity contribution in [2.24, 2.45) is 5.92 Å². The van der Waals surface area contributed by atoms with Crippen LogP contribution in [0.3, 0.4) is 0 Å². The van der Waals surface area contributed by atoms with E-state index in [0.717, 1.165) is 30.5 Å². The molecular formula is C19H29NO2. The quantitative estimate of drug-likeness (QED) is 0.733. The molecule has 0 N–H and O–H groups in total. The SMILES string of the molecule is C=C(C)[C@@H]1CC(C)CCN1C(=O)OCc1ccccc1.CC. The van der Waals surface area contributed by atoms with Crippen molar-refractivity contribution in [3.63, 3.8) is 0 Å². The van der Waals surface area contributed by atoms with Crippen molar-refractivity contribution < 1.29 is 9.53 Å². The Morgan fingerprint density at radius 3 is 2.55 bits per heavy atom. The maximum absolute atomic E-state index is 12.3. The summed E-state index contributed by atoms with van der Waals surface area (Å²) in [6.07, 6.45) is 1.79. The number of hydrogen-bond donors (Lipinski definition) is 0. The van der Waals surface area contributed by atoms with Crippen LogP contribution < -0.4 is 0 Å². The third-order valence-corrected chi connectivity index (χ3v) is 3.87. The number of benzene rings is 1. The summed E-state index contributed by atoms with van der Waals surface area (Å²) in [5, 5.41) is 0. The standard InChI is InChI=1S/C17H23NO2.C2H6/c1-13(2)16-11-14(3)9-10-18(16)17(19)20-12-15-7-5-4-6-8-15;1-2/h4-8,14,16H,1,9-12H2,2-3H3;1-2H3/t14?,16-;/m0./s1. The smallest absolute Gasteiger partial charge is 0.410 e. The maximum Gasteiger partial charge on any atom is 0.410 e. The van der Waals surface area contributed by atoms with E-state index in [1.54, 1.807) is 0 Å². The fourth-order valence-corrected chi connectivity index (χ4v) is 2.63. The molecule has 0 spiro atoms. The molecule has 3 nitrogen and oxygen atoms in total. The number of piperidine rings is 1. The number of hydrogen-bond acceptors (Lipinski definition) is 2. The molecule has 122 valence electrons. The Labute approximate surface area is 135 Å². The molecule has 1 amide bonds. The third-order valence-electron chi connectivity index (χ3n) is 3.87. The van der Waals surface area contributed by atoms with Gasteiger partial charge in [-0.1, -0.05) is 63.3 Å². The van der Waals surface area contributed by atoms with Gasteiger partial charge in [-0.05, 0) is 31.2 Å². The predicted octanol–water partition coefficient (Wildman–Crippen LogP) is 5.03. The molecule has 0 radical (unpaired) electrons. The van der Waals surface area contributed by atoms with E-state index in [4.69, 9.17) is 4.74 Å². The highest BCUT2D eigenvalue weighted by atomic mass is 16.6. The summed E-state index contributed by atoms with van der Waals surface area (Å²) in [4.78, 5) is 14.1. The first-order valence-corrected chi connectivity index (χ1v) is 8.20. The minimum Gasteiger partial charge on any atom is -0.445 e. The van der Waals surface area contributed by atoms with E-state index in [9.17, 15) is 4.79 Å². The van der Waals surface area contributed by atoms with Gasteiger partial charge in [-0.15, -0.1) is 0 Å². The zero-order chi connectivity index (χ0) is 16.5. The van der Waals surface area contributed by atoms with Crippen molar-refractivity contribution in [2.75, 3.05) is 6.54 Å². The number of likely N-dealkylation sites (tertiary alicyclic amines) is 1. The summed E-state index contributed by atoms with van der Waals surface area (Å²) in [5.74, 6) is 0.634. The lowest BCUT2D eigenvalue weighted by molar-refractivity contribution is 0.0675. The first kappa shape index (κ1) is 18.3. The lowest BCUT2D eigenvalue weighted by Crippen LogP contribution is -2.46. The van der Waals surface area contributed by atoms with Crippen molar-refractivity contribution in [3.8, 4) is 0 Å². The molecule has 0 aromatic heterocycles. The summed E-state index contributed by atoms with van der Waals surface area (Å²) >= 11 is 0. The van der Waals surface area contributed by atoms with E-state index in [0.29, 0.717) is 12.5 Å². The lowest BCUT2D eigenvalue weighted by atomic mass is 9.89. The van der Waals surface area contributed by atoms with E-state index >= 15 is 0 Å². The molecule has 1 aliphatic rings. The topological polar surface area (TPSA) is 29.5 Å². The van der Waals surface area contributed by atoms with Crippen LogP contribution in [0.1, 0.15) is 46.1 Å². The summed E-state index contributed by atoms with van der Waals surface area (Å²) in [7, 11) is 0. The predicted molar refractivity (Wildman–Crippen MR) is 91.7 cm³/mol. The molecule has 1 aliphatic heterocycles. The first-order chi connectivity index (χ1) is 10.6. The zero-order valence-corrected chi connectivity index (χ0v) is 14.3. The highest BCUT2D eigenvalue weighted by molar-refractivity contribution is 5.68. The van der Waals surface area contributed by atoms with Gasteiger partial charge in [0.1, 0.15) is 6.61 Å². The molecule has 1 heterocycles. The second-order valence-electron chi connectivity index (χ2n) is 5.73. The van der Waals surface area contributed by atoms with E-state index in [-0.39, 0.29) is 12.1 Å². The molecule has 1 saturated heterocycles. The first-order valence-electron chi connectivity index (χ1n) is 8.20. The van der Waals surface area contributed by atoms with Crippen LogP contribution in [0.15, 0.2) is 42.5 Å². The Hall–Kier alpha value is -1.77.